The Hall–Kier alpha value is -1.14. The van der Waals surface area contributed by atoms with Gasteiger partial charge in [0.1, 0.15) is 0 Å². The van der Waals surface area contributed by atoms with Gasteiger partial charge in [-0.25, -0.2) is 4.79 Å². The van der Waals surface area contributed by atoms with Gasteiger partial charge in [-0.15, -0.1) is 0 Å². The number of primary amides is 1. The highest BCUT2D eigenvalue weighted by Gasteiger charge is 2.37. The molecule has 110 valence electrons. The summed E-state index contributed by atoms with van der Waals surface area (Å²) < 4.78 is 0. The average molecular weight is 270 g/mol. The topological polar surface area (TPSA) is 101 Å². The van der Waals surface area contributed by atoms with Crippen LogP contribution in [0.1, 0.15) is 45.4 Å². The van der Waals surface area contributed by atoms with Crippen molar-refractivity contribution in [2.75, 3.05) is 19.6 Å². The summed E-state index contributed by atoms with van der Waals surface area (Å²) in [7, 11) is 0. The Balaban J connectivity index is 2.73. The Morgan fingerprint density at radius 2 is 1.89 bits per heavy atom. The lowest BCUT2D eigenvalue weighted by atomic mass is 9.80. The summed E-state index contributed by atoms with van der Waals surface area (Å²) in [6, 6.07) is -0.799. The fourth-order valence-electron chi connectivity index (χ4n) is 2.96. The van der Waals surface area contributed by atoms with Crippen molar-refractivity contribution in [2.45, 2.75) is 51.0 Å². The van der Waals surface area contributed by atoms with E-state index in [9.17, 15) is 9.59 Å². The molecule has 0 aromatic carbocycles. The molecule has 1 rings (SSSR count). The molecule has 1 aliphatic carbocycles. The van der Waals surface area contributed by atoms with Gasteiger partial charge < -0.3 is 11.5 Å². The molecule has 0 aromatic heterocycles. The molecule has 3 amide bonds. The van der Waals surface area contributed by atoms with Crippen LogP contribution in [0, 0.1) is 0 Å². The van der Waals surface area contributed by atoms with E-state index in [0.717, 1.165) is 38.6 Å². The van der Waals surface area contributed by atoms with Gasteiger partial charge in [-0.1, -0.05) is 26.2 Å². The SMILES string of the molecule is CCCN(CC(=O)NC(N)=O)C1(CN)CCCCC1. The van der Waals surface area contributed by atoms with Gasteiger partial charge in [0, 0.05) is 12.1 Å². The number of nitrogens with two attached hydrogens (primary N) is 2. The van der Waals surface area contributed by atoms with Crippen LogP contribution in [0.4, 0.5) is 4.79 Å². The second kappa shape index (κ2) is 7.45. The molecular weight excluding hydrogens is 244 g/mol. The molecule has 0 radical (unpaired) electrons. The van der Waals surface area contributed by atoms with Crippen LogP contribution in [0.2, 0.25) is 0 Å². The Kier molecular flexibility index (Phi) is 6.24. The van der Waals surface area contributed by atoms with Gasteiger partial charge in [0.15, 0.2) is 0 Å². The average Bonchev–Trinajstić information content (AvgIpc) is 2.38. The maximum atomic E-state index is 11.7. The fourth-order valence-corrected chi connectivity index (χ4v) is 2.96. The first-order valence-electron chi connectivity index (χ1n) is 7.08. The van der Waals surface area contributed by atoms with E-state index in [2.05, 4.69) is 17.1 Å². The van der Waals surface area contributed by atoms with E-state index in [0.29, 0.717) is 6.54 Å². The van der Waals surface area contributed by atoms with E-state index in [1.807, 2.05) is 0 Å². The lowest BCUT2D eigenvalue weighted by molar-refractivity contribution is -0.123. The molecule has 0 bridgehead atoms. The summed E-state index contributed by atoms with van der Waals surface area (Å²) in [6.07, 6.45) is 6.52. The van der Waals surface area contributed by atoms with Crippen LogP contribution in [0.5, 0.6) is 0 Å². The highest BCUT2D eigenvalue weighted by molar-refractivity contribution is 5.94. The van der Waals surface area contributed by atoms with Crippen molar-refractivity contribution in [1.82, 2.24) is 10.2 Å². The zero-order chi connectivity index (χ0) is 14.3. The predicted octanol–water partition coefficient (Wildman–Crippen LogP) is 0.555. The largest absolute Gasteiger partial charge is 0.351 e. The van der Waals surface area contributed by atoms with Crippen LogP contribution in [-0.4, -0.2) is 42.0 Å². The van der Waals surface area contributed by atoms with Crippen LogP contribution < -0.4 is 16.8 Å². The number of hydrogen-bond donors (Lipinski definition) is 3. The van der Waals surface area contributed by atoms with E-state index < -0.39 is 6.03 Å². The first kappa shape index (κ1) is 15.9. The maximum absolute atomic E-state index is 11.7. The van der Waals surface area contributed by atoms with Crippen LogP contribution in [0.3, 0.4) is 0 Å². The number of rotatable bonds is 6. The van der Waals surface area contributed by atoms with E-state index in [-0.39, 0.29) is 18.0 Å². The number of amides is 3. The normalized spacial score (nSPS) is 18.3. The molecule has 1 aliphatic rings. The molecule has 0 spiro atoms. The number of carbonyl (C=O) groups excluding carboxylic acids is 2. The molecule has 6 nitrogen and oxygen atoms in total. The van der Waals surface area contributed by atoms with Gasteiger partial charge in [0.25, 0.3) is 0 Å². The highest BCUT2D eigenvalue weighted by Crippen LogP contribution is 2.32. The van der Waals surface area contributed by atoms with E-state index >= 15 is 0 Å². The summed E-state index contributed by atoms with van der Waals surface area (Å²) in [4.78, 5) is 24.6. The molecular formula is C13H26N4O2. The van der Waals surface area contributed by atoms with Crippen molar-refractivity contribution in [1.29, 1.82) is 0 Å². The van der Waals surface area contributed by atoms with Gasteiger partial charge in [0.2, 0.25) is 5.91 Å². The molecule has 1 saturated carbocycles. The second-order valence-electron chi connectivity index (χ2n) is 5.32. The van der Waals surface area contributed by atoms with Gasteiger partial charge in [0.05, 0.1) is 6.54 Å². The number of nitrogens with one attached hydrogen (secondary N) is 1. The summed E-state index contributed by atoms with van der Waals surface area (Å²) in [6.45, 7) is 3.63. The first-order valence-corrected chi connectivity index (χ1v) is 7.08. The minimum Gasteiger partial charge on any atom is -0.351 e. The van der Waals surface area contributed by atoms with Crippen LogP contribution >= 0.6 is 0 Å². The molecule has 0 aromatic rings. The maximum Gasteiger partial charge on any atom is 0.318 e. The lowest BCUT2D eigenvalue weighted by Gasteiger charge is -2.45. The van der Waals surface area contributed by atoms with E-state index in [1.54, 1.807) is 0 Å². The third kappa shape index (κ3) is 4.47. The Labute approximate surface area is 114 Å². The minimum atomic E-state index is -0.799. The highest BCUT2D eigenvalue weighted by atomic mass is 16.2. The quantitative estimate of drug-likeness (QED) is 0.656. The standard InChI is InChI=1S/C13H26N4O2/c1-2-8-17(9-11(18)16-12(15)19)13(10-14)6-4-3-5-7-13/h2-10,14H2,1H3,(H3,15,16,18,19). The molecule has 5 N–H and O–H groups in total. The van der Waals surface area contributed by atoms with Crippen molar-refractivity contribution in [2.24, 2.45) is 11.5 Å². The van der Waals surface area contributed by atoms with Crippen LogP contribution in [0.25, 0.3) is 0 Å². The van der Waals surface area contributed by atoms with Crippen molar-refractivity contribution < 1.29 is 9.59 Å². The van der Waals surface area contributed by atoms with Gasteiger partial charge in [-0.05, 0) is 25.8 Å². The van der Waals surface area contributed by atoms with E-state index in [1.165, 1.54) is 6.42 Å². The summed E-state index contributed by atoms with van der Waals surface area (Å²) in [5.41, 5.74) is 10.9. The summed E-state index contributed by atoms with van der Waals surface area (Å²) in [5, 5.41) is 2.13. The van der Waals surface area contributed by atoms with Crippen molar-refractivity contribution in [3.8, 4) is 0 Å². The third-order valence-electron chi connectivity index (χ3n) is 3.93. The minimum absolute atomic E-state index is 0.0940. The molecule has 0 atom stereocenters. The smallest absolute Gasteiger partial charge is 0.318 e. The zero-order valence-corrected chi connectivity index (χ0v) is 11.8. The monoisotopic (exact) mass is 270 g/mol. The van der Waals surface area contributed by atoms with Crippen molar-refractivity contribution in [3.63, 3.8) is 0 Å². The van der Waals surface area contributed by atoms with Crippen molar-refractivity contribution in [3.05, 3.63) is 0 Å². The number of urea groups is 1. The molecule has 0 unspecified atom stereocenters. The lowest BCUT2D eigenvalue weighted by Crippen LogP contribution is -2.58. The number of carbonyl (C=O) groups is 2. The second-order valence-corrected chi connectivity index (χ2v) is 5.32. The third-order valence-corrected chi connectivity index (χ3v) is 3.93. The van der Waals surface area contributed by atoms with E-state index in [4.69, 9.17) is 11.5 Å². The summed E-state index contributed by atoms with van der Waals surface area (Å²) >= 11 is 0. The Bertz CT molecular complexity index is 314. The predicted molar refractivity (Wildman–Crippen MR) is 74.5 cm³/mol. The van der Waals surface area contributed by atoms with Crippen LogP contribution in [0.15, 0.2) is 0 Å². The molecule has 6 heteroatoms. The molecule has 1 fully saturated rings. The molecule has 0 heterocycles. The number of hydrogen-bond acceptors (Lipinski definition) is 4. The fraction of sp³-hybridized carbons (Fsp3) is 0.846. The summed E-state index contributed by atoms with van der Waals surface area (Å²) in [5.74, 6) is -0.348. The van der Waals surface area contributed by atoms with Gasteiger partial charge in [-0.3, -0.25) is 15.0 Å². The Morgan fingerprint density at radius 1 is 1.26 bits per heavy atom. The van der Waals surface area contributed by atoms with Gasteiger partial charge in [-0.2, -0.15) is 0 Å². The Morgan fingerprint density at radius 3 is 2.37 bits per heavy atom. The van der Waals surface area contributed by atoms with Crippen molar-refractivity contribution >= 4 is 11.9 Å². The molecule has 0 saturated heterocycles. The number of imide groups is 1. The zero-order valence-electron chi connectivity index (χ0n) is 11.8. The van der Waals surface area contributed by atoms with Crippen LogP contribution in [-0.2, 0) is 4.79 Å². The van der Waals surface area contributed by atoms with Gasteiger partial charge >= 0.3 is 6.03 Å². The molecule has 0 aliphatic heterocycles. The number of nitrogens with zero attached hydrogens (tertiary/aromatic N) is 1. The molecule has 19 heavy (non-hydrogen) atoms. The first-order chi connectivity index (χ1) is 9.04.